The number of carbonyl (C=O) groups excluding carboxylic acids is 2. The van der Waals surface area contributed by atoms with Crippen LogP contribution < -0.4 is 0 Å². The number of ether oxygens (including phenoxy) is 2. The number of esters is 2. The Balaban J connectivity index is 2.93. The predicted molar refractivity (Wildman–Crippen MR) is 77.1 cm³/mol. The summed E-state index contributed by atoms with van der Waals surface area (Å²) in [5, 5.41) is 0. The van der Waals surface area contributed by atoms with Crippen molar-refractivity contribution in [2.45, 2.75) is 59.8 Å². The van der Waals surface area contributed by atoms with Crippen LogP contribution in [0.2, 0.25) is 0 Å². The highest BCUT2D eigenvalue weighted by atomic mass is 16.6. The van der Waals surface area contributed by atoms with Crippen LogP contribution in [-0.2, 0) is 19.1 Å². The van der Waals surface area contributed by atoms with Crippen molar-refractivity contribution < 1.29 is 19.1 Å². The quantitative estimate of drug-likeness (QED) is 0.554. The molecule has 4 nitrogen and oxygen atoms in total. The van der Waals surface area contributed by atoms with Gasteiger partial charge in [-0.3, -0.25) is 9.59 Å². The second kappa shape index (κ2) is 7.65. The Morgan fingerprint density at radius 3 is 1.85 bits per heavy atom. The second-order valence-electron chi connectivity index (χ2n) is 6.09. The summed E-state index contributed by atoms with van der Waals surface area (Å²) in [6.45, 7) is 8.09. The van der Waals surface area contributed by atoms with Crippen LogP contribution in [0.4, 0.5) is 0 Å². The Bertz CT molecular complexity index is 311. The van der Waals surface area contributed by atoms with Gasteiger partial charge in [0.2, 0.25) is 0 Å². The van der Waals surface area contributed by atoms with E-state index in [1.54, 1.807) is 13.8 Å². The van der Waals surface area contributed by atoms with E-state index in [-0.39, 0.29) is 13.2 Å². The van der Waals surface area contributed by atoms with E-state index in [9.17, 15) is 9.59 Å². The molecule has 0 unspecified atom stereocenters. The van der Waals surface area contributed by atoms with Gasteiger partial charge >= 0.3 is 11.9 Å². The van der Waals surface area contributed by atoms with Crippen molar-refractivity contribution in [1.82, 2.24) is 0 Å². The zero-order valence-corrected chi connectivity index (χ0v) is 13.2. The summed E-state index contributed by atoms with van der Waals surface area (Å²) in [4.78, 5) is 24.5. The lowest BCUT2D eigenvalue weighted by Crippen LogP contribution is -2.44. The molecule has 116 valence electrons. The normalized spacial score (nSPS) is 17.1. The SMILES string of the molecule is CCOC(=O)C(C(=O)OCC)C(C)(C)C1CCCCC1. The van der Waals surface area contributed by atoms with Gasteiger partial charge in [-0.15, -0.1) is 0 Å². The van der Waals surface area contributed by atoms with Crippen LogP contribution in [-0.4, -0.2) is 25.2 Å². The highest BCUT2D eigenvalue weighted by Gasteiger charge is 2.47. The average molecular weight is 284 g/mol. The summed E-state index contributed by atoms with van der Waals surface area (Å²) in [6.07, 6.45) is 5.74. The van der Waals surface area contributed by atoms with E-state index in [0.29, 0.717) is 5.92 Å². The van der Waals surface area contributed by atoms with Crippen LogP contribution in [0, 0.1) is 17.3 Å². The second-order valence-corrected chi connectivity index (χ2v) is 6.09. The third kappa shape index (κ3) is 3.97. The van der Waals surface area contributed by atoms with Crippen molar-refractivity contribution in [2.24, 2.45) is 17.3 Å². The summed E-state index contributed by atoms with van der Waals surface area (Å²) in [7, 11) is 0. The number of hydrogen-bond acceptors (Lipinski definition) is 4. The molecule has 1 rings (SSSR count). The molecule has 0 bridgehead atoms. The van der Waals surface area contributed by atoms with E-state index in [2.05, 4.69) is 0 Å². The maximum Gasteiger partial charge on any atom is 0.320 e. The first-order valence-corrected chi connectivity index (χ1v) is 7.78. The Kier molecular flexibility index (Phi) is 6.50. The van der Waals surface area contributed by atoms with E-state index >= 15 is 0 Å². The highest BCUT2D eigenvalue weighted by molar-refractivity contribution is 5.95. The lowest BCUT2D eigenvalue weighted by molar-refractivity contribution is -0.170. The molecule has 1 aliphatic rings. The summed E-state index contributed by atoms with van der Waals surface area (Å²) >= 11 is 0. The van der Waals surface area contributed by atoms with Crippen LogP contribution in [0.15, 0.2) is 0 Å². The molecule has 20 heavy (non-hydrogen) atoms. The van der Waals surface area contributed by atoms with Gasteiger partial charge in [0.15, 0.2) is 5.92 Å². The van der Waals surface area contributed by atoms with E-state index in [1.165, 1.54) is 19.3 Å². The third-order valence-corrected chi connectivity index (χ3v) is 4.45. The monoisotopic (exact) mass is 284 g/mol. The Morgan fingerprint density at radius 2 is 1.45 bits per heavy atom. The fraction of sp³-hybridized carbons (Fsp3) is 0.875. The molecule has 0 radical (unpaired) electrons. The molecule has 1 fully saturated rings. The maximum atomic E-state index is 12.2. The third-order valence-electron chi connectivity index (χ3n) is 4.45. The maximum absolute atomic E-state index is 12.2. The standard InChI is InChI=1S/C16H28O4/c1-5-19-14(17)13(15(18)20-6-2)16(3,4)12-10-8-7-9-11-12/h12-13H,5-11H2,1-4H3. The van der Waals surface area contributed by atoms with Gasteiger partial charge in [-0.2, -0.15) is 0 Å². The van der Waals surface area contributed by atoms with Crippen LogP contribution in [0.25, 0.3) is 0 Å². The van der Waals surface area contributed by atoms with Crippen molar-refractivity contribution in [1.29, 1.82) is 0 Å². The van der Waals surface area contributed by atoms with Crippen molar-refractivity contribution in [3.05, 3.63) is 0 Å². The molecular weight excluding hydrogens is 256 g/mol. The molecule has 1 aliphatic carbocycles. The summed E-state index contributed by atoms with van der Waals surface area (Å²) in [6, 6.07) is 0. The average Bonchev–Trinajstić information content (AvgIpc) is 2.40. The number of carbonyl (C=O) groups is 2. The van der Waals surface area contributed by atoms with E-state index in [0.717, 1.165) is 12.8 Å². The number of hydrogen-bond donors (Lipinski definition) is 0. The van der Waals surface area contributed by atoms with Gasteiger partial charge in [0.1, 0.15) is 0 Å². The van der Waals surface area contributed by atoms with E-state index < -0.39 is 23.3 Å². The minimum Gasteiger partial charge on any atom is -0.465 e. The first-order valence-electron chi connectivity index (χ1n) is 7.78. The Labute approximate surface area is 122 Å². The van der Waals surface area contributed by atoms with Gasteiger partial charge < -0.3 is 9.47 Å². The minimum absolute atomic E-state index is 0.287. The van der Waals surface area contributed by atoms with Gasteiger partial charge in [-0.05, 0) is 38.0 Å². The van der Waals surface area contributed by atoms with Gasteiger partial charge in [0.05, 0.1) is 13.2 Å². The molecule has 0 heterocycles. The zero-order valence-electron chi connectivity index (χ0n) is 13.2. The molecule has 0 atom stereocenters. The lowest BCUT2D eigenvalue weighted by atomic mass is 9.64. The first kappa shape index (κ1) is 17.0. The van der Waals surface area contributed by atoms with Crippen LogP contribution >= 0.6 is 0 Å². The molecule has 0 spiro atoms. The Morgan fingerprint density at radius 1 is 1.00 bits per heavy atom. The smallest absolute Gasteiger partial charge is 0.320 e. The number of rotatable bonds is 6. The molecule has 1 saturated carbocycles. The van der Waals surface area contributed by atoms with E-state index in [1.807, 2.05) is 13.8 Å². The fourth-order valence-corrected chi connectivity index (χ4v) is 3.24. The molecule has 0 aromatic rings. The van der Waals surface area contributed by atoms with Gasteiger partial charge in [-0.1, -0.05) is 33.1 Å². The molecular formula is C16H28O4. The van der Waals surface area contributed by atoms with Crippen LogP contribution in [0.1, 0.15) is 59.8 Å². The van der Waals surface area contributed by atoms with E-state index in [4.69, 9.17) is 9.47 Å². The first-order chi connectivity index (χ1) is 9.45. The van der Waals surface area contributed by atoms with Gasteiger partial charge in [-0.25, -0.2) is 0 Å². The summed E-state index contributed by atoms with van der Waals surface area (Å²) in [5.74, 6) is -1.33. The topological polar surface area (TPSA) is 52.6 Å². The summed E-state index contributed by atoms with van der Waals surface area (Å²) < 4.78 is 10.2. The minimum atomic E-state index is -0.814. The highest BCUT2D eigenvalue weighted by Crippen LogP contribution is 2.44. The predicted octanol–water partition coefficient (Wildman–Crippen LogP) is 3.34. The molecule has 4 heteroatoms. The van der Waals surface area contributed by atoms with Crippen molar-refractivity contribution in [2.75, 3.05) is 13.2 Å². The fourth-order valence-electron chi connectivity index (χ4n) is 3.24. The molecule has 0 aromatic heterocycles. The zero-order chi connectivity index (χ0) is 15.2. The van der Waals surface area contributed by atoms with Gasteiger partial charge in [0, 0.05) is 0 Å². The largest absolute Gasteiger partial charge is 0.465 e. The molecule has 0 amide bonds. The van der Waals surface area contributed by atoms with Gasteiger partial charge in [0.25, 0.3) is 0 Å². The summed E-state index contributed by atoms with van der Waals surface area (Å²) in [5.41, 5.74) is -0.418. The van der Waals surface area contributed by atoms with Crippen LogP contribution in [0.3, 0.4) is 0 Å². The lowest BCUT2D eigenvalue weighted by Gasteiger charge is -2.40. The molecule has 0 aromatic carbocycles. The Hall–Kier alpha value is -1.06. The van der Waals surface area contributed by atoms with Crippen molar-refractivity contribution in [3.63, 3.8) is 0 Å². The molecule has 0 N–H and O–H groups in total. The van der Waals surface area contributed by atoms with Crippen molar-refractivity contribution >= 4 is 11.9 Å². The van der Waals surface area contributed by atoms with Crippen LogP contribution in [0.5, 0.6) is 0 Å². The molecule has 0 saturated heterocycles. The van der Waals surface area contributed by atoms with Crippen molar-refractivity contribution in [3.8, 4) is 0 Å². The molecule has 0 aliphatic heterocycles.